The van der Waals surface area contributed by atoms with Gasteiger partial charge in [-0.1, -0.05) is 24.3 Å². The molecule has 1 heterocycles. The number of sulfone groups is 1. The minimum atomic E-state index is -4.70. The predicted molar refractivity (Wildman–Crippen MR) is 138 cm³/mol. The molecule has 0 bridgehead atoms. The Morgan fingerprint density at radius 1 is 0.788 bits per heavy atom. The van der Waals surface area contributed by atoms with Crippen LogP contribution >= 0.6 is 45.2 Å². The van der Waals surface area contributed by atoms with E-state index in [2.05, 4.69) is 50.3 Å². The third-order valence-electron chi connectivity index (χ3n) is 4.91. The first-order valence-electron chi connectivity index (χ1n) is 9.48. The molecule has 0 N–H and O–H groups in total. The monoisotopic (exact) mass is 694 g/mol. The van der Waals surface area contributed by atoms with Crippen molar-refractivity contribution in [3.63, 3.8) is 0 Å². The van der Waals surface area contributed by atoms with Gasteiger partial charge in [-0.2, -0.15) is 18.3 Å². The molecule has 4 rings (SSSR count). The summed E-state index contributed by atoms with van der Waals surface area (Å²) in [7, 11) is -3.46. The van der Waals surface area contributed by atoms with E-state index in [0.717, 1.165) is 13.4 Å². The van der Waals surface area contributed by atoms with E-state index in [0.29, 0.717) is 16.8 Å². The lowest BCUT2D eigenvalue weighted by Gasteiger charge is -2.12. The van der Waals surface area contributed by atoms with Gasteiger partial charge in [-0.25, -0.2) is 13.1 Å². The molecule has 0 saturated heterocycles. The number of hydrogen-bond donors (Lipinski definition) is 0. The Balaban J connectivity index is 2.07. The van der Waals surface area contributed by atoms with Crippen molar-refractivity contribution < 1.29 is 21.6 Å². The molecule has 4 nitrogen and oxygen atoms in total. The van der Waals surface area contributed by atoms with Gasteiger partial charge in [0.1, 0.15) is 0 Å². The van der Waals surface area contributed by atoms with Crippen LogP contribution in [0.15, 0.2) is 77.7 Å². The highest BCUT2D eigenvalue weighted by Crippen LogP contribution is 2.43. The molecule has 0 fully saturated rings. The van der Waals surface area contributed by atoms with E-state index in [1.54, 1.807) is 48.5 Å². The summed E-state index contributed by atoms with van der Waals surface area (Å²) >= 11 is 4.21. The molecular formula is C23H15F3I2N2O2S. The number of benzene rings is 3. The van der Waals surface area contributed by atoms with Crippen LogP contribution in [0.1, 0.15) is 5.69 Å². The molecule has 0 saturated carbocycles. The van der Waals surface area contributed by atoms with Crippen LogP contribution in [0, 0.1) is 7.14 Å². The summed E-state index contributed by atoms with van der Waals surface area (Å²) in [4.78, 5) is 0.0819. The SMILES string of the molecule is CS(=O)(=O)c1ccc(-c2c(-c3ccc(I)cc3)c(C(F)(F)F)nn2-c2ccc(I)cc2)cc1. The lowest BCUT2D eigenvalue weighted by atomic mass is 9.98. The Bertz CT molecular complexity index is 1410. The lowest BCUT2D eigenvalue weighted by molar-refractivity contribution is -0.140. The fraction of sp³-hybridized carbons (Fsp3) is 0.0870. The molecule has 1 aromatic heterocycles. The highest BCUT2D eigenvalue weighted by molar-refractivity contribution is 14.1. The zero-order chi connectivity index (χ0) is 24.0. The van der Waals surface area contributed by atoms with Crippen molar-refractivity contribution in [3.05, 3.63) is 85.6 Å². The summed E-state index contributed by atoms with van der Waals surface area (Å²) in [5, 5.41) is 4.00. The van der Waals surface area contributed by atoms with E-state index < -0.39 is 21.7 Å². The second-order valence-electron chi connectivity index (χ2n) is 7.26. The van der Waals surface area contributed by atoms with Gasteiger partial charge in [0.15, 0.2) is 15.5 Å². The predicted octanol–water partition coefficient (Wildman–Crippen LogP) is 6.84. The summed E-state index contributed by atoms with van der Waals surface area (Å²) in [6, 6.07) is 19.5. The molecular weight excluding hydrogens is 679 g/mol. The van der Waals surface area contributed by atoms with Crippen LogP contribution in [0.5, 0.6) is 0 Å². The molecule has 4 aromatic rings. The molecule has 33 heavy (non-hydrogen) atoms. The molecule has 0 atom stereocenters. The Kier molecular flexibility index (Phi) is 6.62. The van der Waals surface area contributed by atoms with E-state index in [9.17, 15) is 21.6 Å². The fourth-order valence-electron chi connectivity index (χ4n) is 3.40. The maximum absolute atomic E-state index is 14.2. The first-order chi connectivity index (χ1) is 15.4. The number of nitrogens with zero attached hydrogens (tertiary/aromatic N) is 2. The first-order valence-corrected chi connectivity index (χ1v) is 13.5. The Morgan fingerprint density at radius 3 is 1.76 bits per heavy atom. The van der Waals surface area contributed by atoms with E-state index >= 15 is 0 Å². The van der Waals surface area contributed by atoms with Gasteiger partial charge in [-0.3, -0.25) is 0 Å². The van der Waals surface area contributed by atoms with Gasteiger partial charge >= 0.3 is 6.18 Å². The average Bonchev–Trinajstić information content (AvgIpc) is 3.15. The van der Waals surface area contributed by atoms with Crippen LogP contribution in [0.25, 0.3) is 28.1 Å². The summed E-state index contributed by atoms with van der Waals surface area (Å²) in [5.41, 5.74) is 0.387. The lowest BCUT2D eigenvalue weighted by Crippen LogP contribution is -2.08. The van der Waals surface area contributed by atoms with E-state index in [1.807, 2.05) is 0 Å². The van der Waals surface area contributed by atoms with Crippen LogP contribution in [0.2, 0.25) is 0 Å². The van der Waals surface area contributed by atoms with Gasteiger partial charge in [0.25, 0.3) is 0 Å². The molecule has 170 valence electrons. The standard InChI is InChI=1S/C23H15F3I2N2O2S/c1-33(31,32)19-12-4-15(5-13-19)21-20(14-2-6-16(27)7-3-14)22(23(24,25)26)29-30(21)18-10-8-17(28)9-11-18/h2-13H,1H3. The Hall–Kier alpha value is -1.93. The van der Waals surface area contributed by atoms with Crippen molar-refractivity contribution in [2.75, 3.05) is 6.26 Å². The minimum Gasteiger partial charge on any atom is -0.232 e. The minimum absolute atomic E-state index is 0.0652. The highest BCUT2D eigenvalue weighted by atomic mass is 127. The van der Waals surface area contributed by atoms with Crippen molar-refractivity contribution in [3.8, 4) is 28.1 Å². The summed E-state index contributed by atoms with van der Waals surface area (Å²) in [6.45, 7) is 0. The quantitative estimate of drug-likeness (QED) is 0.220. The van der Waals surface area contributed by atoms with Crippen molar-refractivity contribution >= 4 is 55.0 Å². The van der Waals surface area contributed by atoms with Gasteiger partial charge in [0.05, 0.1) is 16.3 Å². The number of rotatable bonds is 4. The van der Waals surface area contributed by atoms with Gasteiger partial charge in [0.2, 0.25) is 0 Å². The van der Waals surface area contributed by atoms with Gasteiger partial charge < -0.3 is 0 Å². The fourth-order valence-corrected chi connectivity index (χ4v) is 4.75. The second kappa shape index (κ2) is 9.02. The third kappa shape index (κ3) is 5.11. The van der Waals surface area contributed by atoms with E-state index in [-0.39, 0.29) is 16.2 Å². The molecule has 0 unspecified atom stereocenters. The molecule has 10 heteroatoms. The van der Waals surface area contributed by atoms with Crippen molar-refractivity contribution in [2.45, 2.75) is 11.1 Å². The van der Waals surface area contributed by atoms with Crippen molar-refractivity contribution in [1.29, 1.82) is 0 Å². The summed E-state index contributed by atoms with van der Waals surface area (Å²) in [5.74, 6) is 0. The molecule has 0 aliphatic rings. The molecule has 0 aliphatic carbocycles. The molecule has 0 radical (unpaired) electrons. The summed E-state index contributed by atoms with van der Waals surface area (Å²) in [6.07, 6.45) is -3.62. The Labute approximate surface area is 216 Å². The topological polar surface area (TPSA) is 52.0 Å². The molecule has 0 amide bonds. The van der Waals surface area contributed by atoms with Crippen molar-refractivity contribution in [2.24, 2.45) is 0 Å². The third-order valence-corrected chi connectivity index (χ3v) is 7.48. The second-order valence-corrected chi connectivity index (χ2v) is 11.8. The smallest absolute Gasteiger partial charge is 0.232 e. The van der Waals surface area contributed by atoms with Crippen LogP contribution in [0.3, 0.4) is 0 Å². The summed E-state index contributed by atoms with van der Waals surface area (Å²) < 4.78 is 69.3. The number of halogens is 5. The van der Waals surface area contributed by atoms with Crippen LogP contribution < -0.4 is 0 Å². The Morgan fingerprint density at radius 2 is 1.27 bits per heavy atom. The van der Waals surface area contributed by atoms with E-state index in [1.165, 1.54) is 28.9 Å². The molecule has 3 aromatic carbocycles. The van der Waals surface area contributed by atoms with Gasteiger partial charge in [-0.05, 0) is 99.3 Å². The highest BCUT2D eigenvalue weighted by Gasteiger charge is 2.40. The number of aromatic nitrogens is 2. The molecule has 0 spiro atoms. The van der Waals surface area contributed by atoms with Crippen LogP contribution in [-0.4, -0.2) is 24.5 Å². The number of alkyl halides is 3. The van der Waals surface area contributed by atoms with E-state index in [4.69, 9.17) is 0 Å². The molecule has 0 aliphatic heterocycles. The van der Waals surface area contributed by atoms with Gasteiger partial charge in [-0.15, -0.1) is 0 Å². The maximum Gasteiger partial charge on any atom is 0.435 e. The largest absolute Gasteiger partial charge is 0.435 e. The van der Waals surface area contributed by atoms with Gasteiger partial charge in [0, 0.05) is 24.5 Å². The normalized spacial score (nSPS) is 12.2. The van der Waals surface area contributed by atoms with Crippen molar-refractivity contribution in [1.82, 2.24) is 9.78 Å². The maximum atomic E-state index is 14.2. The number of hydrogen-bond acceptors (Lipinski definition) is 3. The van der Waals surface area contributed by atoms with Crippen LogP contribution in [0.4, 0.5) is 13.2 Å². The first kappa shape index (κ1) is 24.2. The van der Waals surface area contributed by atoms with Crippen LogP contribution in [-0.2, 0) is 16.0 Å². The average molecular weight is 694 g/mol. The zero-order valence-corrected chi connectivity index (χ0v) is 22.1. The zero-order valence-electron chi connectivity index (χ0n) is 16.9.